The molecule has 172 valence electrons. The molecule has 0 saturated heterocycles. The number of hydrogen-bond acceptors (Lipinski definition) is 6. The van der Waals surface area contributed by atoms with E-state index in [1.807, 2.05) is 83.2 Å². The van der Waals surface area contributed by atoms with Crippen molar-refractivity contribution in [2.24, 2.45) is 0 Å². The molecule has 0 amide bonds. The fraction of sp³-hybridized carbons (Fsp3) is 0.462. The third-order valence-electron chi connectivity index (χ3n) is 6.65. The quantitative estimate of drug-likeness (QED) is 0.699. The molecule has 2 unspecified atom stereocenters. The predicted octanol–water partition coefficient (Wildman–Crippen LogP) is 4.99. The second-order valence-corrected chi connectivity index (χ2v) is 10.2. The topological polar surface area (TPSA) is 71.4 Å². The van der Waals surface area contributed by atoms with Gasteiger partial charge in [-0.05, 0) is 70.5 Å². The van der Waals surface area contributed by atoms with Gasteiger partial charge in [-0.15, -0.1) is 0 Å². The van der Waals surface area contributed by atoms with Crippen molar-refractivity contribution in [2.45, 2.75) is 63.6 Å². The summed E-state index contributed by atoms with van der Waals surface area (Å²) in [4.78, 5) is 0. The average Bonchev–Trinajstić information content (AvgIpc) is 2.74. The zero-order chi connectivity index (χ0) is 23.3. The Morgan fingerprint density at radius 2 is 1.66 bits per heavy atom. The molecule has 2 N–H and O–H groups in total. The van der Waals surface area contributed by atoms with Gasteiger partial charge in [0.1, 0.15) is 29.6 Å². The van der Waals surface area contributed by atoms with Gasteiger partial charge in [-0.2, -0.15) is 5.06 Å². The molecule has 6 heteroatoms. The molecule has 0 radical (unpaired) electrons. The molecule has 2 heterocycles. The maximum absolute atomic E-state index is 11.2. The first-order valence-corrected chi connectivity index (χ1v) is 10.9. The van der Waals surface area contributed by atoms with Crippen LogP contribution >= 0.6 is 0 Å². The molecular weight excluding hydrogens is 406 g/mol. The van der Waals surface area contributed by atoms with Crippen LogP contribution in [0.2, 0.25) is 0 Å². The van der Waals surface area contributed by atoms with Crippen molar-refractivity contribution in [3.8, 4) is 17.2 Å². The molecule has 0 aliphatic carbocycles. The minimum atomic E-state index is -0.706. The van der Waals surface area contributed by atoms with E-state index < -0.39 is 22.6 Å². The summed E-state index contributed by atoms with van der Waals surface area (Å²) in [5.41, 5.74) is 0.181. The van der Waals surface area contributed by atoms with Gasteiger partial charge < -0.3 is 24.5 Å². The van der Waals surface area contributed by atoms with Gasteiger partial charge in [0, 0.05) is 23.6 Å². The lowest BCUT2D eigenvalue weighted by Gasteiger charge is -2.46. The molecule has 0 spiro atoms. The van der Waals surface area contributed by atoms with Gasteiger partial charge in [-0.1, -0.05) is 12.1 Å². The molecule has 0 aromatic heterocycles. The van der Waals surface area contributed by atoms with Crippen LogP contribution in [-0.2, 0) is 5.41 Å². The van der Waals surface area contributed by atoms with Crippen LogP contribution in [0, 0.1) is 0 Å². The average molecular weight is 440 g/mol. The highest BCUT2D eigenvalue weighted by Crippen LogP contribution is 2.46. The lowest BCUT2D eigenvalue weighted by molar-refractivity contribution is -0.216. The number of hydrogen-bond donors (Lipinski definition) is 2. The molecule has 2 aliphatic heterocycles. The second kappa shape index (κ2) is 7.80. The van der Waals surface area contributed by atoms with Gasteiger partial charge in [-0.25, -0.2) is 0 Å². The Hall–Kier alpha value is -2.54. The maximum Gasteiger partial charge on any atom is 0.128 e. The molecule has 6 nitrogen and oxygen atoms in total. The molecule has 4 rings (SSSR count). The third kappa shape index (κ3) is 3.87. The lowest BCUT2D eigenvalue weighted by Crippen LogP contribution is -2.55. The van der Waals surface area contributed by atoms with Crippen LogP contribution in [0.3, 0.4) is 0 Å². The number of hydroxylamine groups is 2. The van der Waals surface area contributed by atoms with E-state index in [-0.39, 0.29) is 0 Å². The number of benzene rings is 2. The third-order valence-corrected chi connectivity index (χ3v) is 6.65. The Labute approximate surface area is 190 Å². The minimum Gasteiger partial charge on any atom is -0.497 e. The Bertz CT molecular complexity index is 1030. The Morgan fingerprint density at radius 1 is 1.00 bits per heavy atom. The van der Waals surface area contributed by atoms with Crippen molar-refractivity contribution in [3.63, 3.8) is 0 Å². The zero-order valence-corrected chi connectivity index (χ0v) is 19.7. The zero-order valence-electron chi connectivity index (χ0n) is 19.7. The summed E-state index contributed by atoms with van der Waals surface area (Å²) >= 11 is 0. The van der Waals surface area contributed by atoms with Gasteiger partial charge in [-0.3, -0.25) is 0 Å². The van der Waals surface area contributed by atoms with Crippen LogP contribution in [0.4, 0.5) is 0 Å². The summed E-state index contributed by atoms with van der Waals surface area (Å²) in [7, 11) is 1.61. The van der Waals surface area contributed by atoms with Crippen LogP contribution in [-0.4, -0.2) is 40.2 Å². The molecule has 2 aromatic rings. The Morgan fingerprint density at radius 3 is 2.28 bits per heavy atom. The summed E-state index contributed by atoms with van der Waals surface area (Å²) in [6.07, 6.45) is 1.85. The van der Waals surface area contributed by atoms with Crippen molar-refractivity contribution in [2.75, 3.05) is 13.7 Å². The number of fused-ring (bicyclic) bond motifs is 1. The summed E-state index contributed by atoms with van der Waals surface area (Å²) in [5, 5.41) is 23.0. The number of ether oxygens (including phenoxy) is 3. The fourth-order valence-corrected chi connectivity index (χ4v) is 4.79. The van der Waals surface area contributed by atoms with Gasteiger partial charge in [0.25, 0.3) is 0 Å². The summed E-state index contributed by atoms with van der Waals surface area (Å²) in [6.45, 7) is 10.3. The number of rotatable bonds is 4. The van der Waals surface area contributed by atoms with Crippen molar-refractivity contribution in [1.29, 1.82) is 0 Å². The van der Waals surface area contributed by atoms with Crippen LogP contribution in [0.5, 0.6) is 17.2 Å². The van der Waals surface area contributed by atoms with E-state index in [0.717, 1.165) is 22.6 Å². The highest BCUT2D eigenvalue weighted by molar-refractivity contribution is 5.47. The minimum absolute atomic E-state index is 0.356. The van der Waals surface area contributed by atoms with Crippen molar-refractivity contribution < 1.29 is 24.5 Å². The smallest absolute Gasteiger partial charge is 0.128 e. The van der Waals surface area contributed by atoms with E-state index in [1.54, 1.807) is 7.11 Å². The number of methoxy groups -OCH3 is 1. The molecule has 2 atom stereocenters. The van der Waals surface area contributed by atoms with E-state index in [9.17, 15) is 10.3 Å². The highest BCUT2D eigenvalue weighted by atomic mass is 16.5. The summed E-state index contributed by atoms with van der Waals surface area (Å²) in [6, 6.07) is 13.3. The SMILES string of the molecule is COc1ccc2c(c1)OCC(C)(c1ccc(OC3=CC(C)(C)N(O)C(C)(C)C3)cc1)C2O. The standard InChI is InChI=1S/C26H33NO5/c1-24(2)14-20(15-25(3,4)27(24)29)32-18-9-7-17(8-10-18)26(5)16-31-22-13-19(30-6)11-12-21(22)23(26)28/h7-14,23,28-29H,15-16H2,1-6H3. The van der Waals surface area contributed by atoms with E-state index in [1.165, 1.54) is 5.06 Å². The molecule has 0 bridgehead atoms. The second-order valence-electron chi connectivity index (χ2n) is 10.2. The van der Waals surface area contributed by atoms with Crippen LogP contribution in [0.1, 0.15) is 58.3 Å². The predicted molar refractivity (Wildman–Crippen MR) is 122 cm³/mol. The Kier molecular flexibility index (Phi) is 5.52. The molecular formula is C26H33NO5. The van der Waals surface area contributed by atoms with Crippen LogP contribution in [0.25, 0.3) is 0 Å². The van der Waals surface area contributed by atoms with Gasteiger partial charge >= 0.3 is 0 Å². The van der Waals surface area contributed by atoms with Crippen LogP contribution in [0.15, 0.2) is 54.3 Å². The molecule has 0 saturated carbocycles. The highest BCUT2D eigenvalue weighted by Gasteiger charge is 2.43. The number of aliphatic hydroxyl groups excluding tert-OH is 1. The molecule has 2 aromatic carbocycles. The van der Waals surface area contributed by atoms with Gasteiger partial charge in [0.2, 0.25) is 0 Å². The normalized spacial score (nSPS) is 26.5. The first kappa shape index (κ1) is 22.6. The molecule has 2 aliphatic rings. The van der Waals surface area contributed by atoms with E-state index >= 15 is 0 Å². The largest absolute Gasteiger partial charge is 0.497 e. The number of aliphatic hydroxyl groups is 1. The summed E-state index contributed by atoms with van der Waals surface area (Å²) in [5.74, 6) is 2.90. The first-order chi connectivity index (χ1) is 15.0. The number of nitrogens with zero attached hydrogens (tertiary/aromatic N) is 1. The van der Waals surface area contributed by atoms with Crippen molar-refractivity contribution in [3.05, 3.63) is 65.4 Å². The monoisotopic (exact) mass is 439 g/mol. The lowest BCUT2D eigenvalue weighted by atomic mass is 9.74. The van der Waals surface area contributed by atoms with Crippen molar-refractivity contribution >= 4 is 0 Å². The van der Waals surface area contributed by atoms with E-state index in [2.05, 4.69) is 0 Å². The maximum atomic E-state index is 11.2. The van der Waals surface area contributed by atoms with E-state index in [0.29, 0.717) is 24.5 Å². The van der Waals surface area contributed by atoms with Gasteiger partial charge in [0.15, 0.2) is 0 Å². The van der Waals surface area contributed by atoms with Gasteiger partial charge in [0.05, 0.1) is 24.2 Å². The fourth-order valence-electron chi connectivity index (χ4n) is 4.79. The van der Waals surface area contributed by atoms with E-state index in [4.69, 9.17) is 14.2 Å². The Balaban J connectivity index is 1.55. The van der Waals surface area contributed by atoms with Crippen LogP contribution < -0.4 is 14.2 Å². The first-order valence-electron chi connectivity index (χ1n) is 10.9. The summed E-state index contributed by atoms with van der Waals surface area (Å²) < 4.78 is 17.4. The van der Waals surface area contributed by atoms with Crippen molar-refractivity contribution in [1.82, 2.24) is 5.06 Å². The molecule has 0 fully saturated rings. The molecule has 32 heavy (non-hydrogen) atoms.